The van der Waals surface area contributed by atoms with Gasteiger partial charge in [0.25, 0.3) is 0 Å². The molecule has 4 aromatic rings. The lowest BCUT2D eigenvalue weighted by Crippen LogP contribution is -2.48. The maximum Gasteiger partial charge on any atom is 0.157 e. The molecule has 7 nitrogen and oxygen atoms in total. The fourth-order valence-electron chi connectivity index (χ4n) is 4.24. The number of ether oxygens (including phenoxy) is 1. The number of nitriles is 1. The van der Waals surface area contributed by atoms with Crippen LogP contribution in [0.2, 0.25) is 0 Å². The number of rotatable bonds is 2. The lowest BCUT2D eigenvalue weighted by molar-refractivity contribution is -0.0468. The standard InChI is InChI=1S/C22H22N6O/c1-15-10-20(27-8-9-29-22(2,14-27)16-12-24-26(3)13-16)28-19-7-5-4-6-18(19)25-21(28)17(15)11-23/h4-7,10,12-13H,8-9,14H2,1-3H3. The van der Waals surface area contributed by atoms with Crippen LogP contribution < -0.4 is 4.90 Å². The summed E-state index contributed by atoms with van der Waals surface area (Å²) in [7, 11) is 1.92. The van der Waals surface area contributed by atoms with E-state index < -0.39 is 5.60 Å². The predicted molar refractivity (Wildman–Crippen MR) is 111 cm³/mol. The summed E-state index contributed by atoms with van der Waals surface area (Å²) in [6.07, 6.45) is 3.88. The van der Waals surface area contributed by atoms with Gasteiger partial charge in [0.05, 0.1) is 35.9 Å². The van der Waals surface area contributed by atoms with E-state index in [2.05, 4.69) is 39.5 Å². The molecule has 4 heterocycles. The van der Waals surface area contributed by atoms with Crippen molar-refractivity contribution in [2.24, 2.45) is 7.05 Å². The second-order valence-corrected chi connectivity index (χ2v) is 7.84. The van der Waals surface area contributed by atoms with E-state index >= 15 is 0 Å². The Morgan fingerprint density at radius 1 is 1.28 bits per heavy atom. The number of aryl methyl sites for hydroxylation is 2. The van der Waals surface area contributed by atoms with Crippen molar-refractivity contribution in [2.45, 2.75) is 19.4 Å². The van der Waals surface area contributed by atoms with Gasteiger partial charge in [-0.25, -0.2) is 4.98 Å². The second-order valence-electron chi connectivity index (χ2n) is 7.84. The molecule has 5 rings (SSSR count). The number of imidazole rings is 1. The van der Waals surface area contributed by atoms with Crippen LogP contribution in [0.25, 0.3) is 16.7 Å². The fourth-order valence-corrected chi connectivity index (χ4v) is 4.24. The Bertz CT molecular complexity index is 1280. The van der Waals surface area contributed by atoms with Crippen molar-refractivity contribution in [2.75, 3.05) is 24.6 Å². The van der Waals surface area contributed by atoms with Gasteiger partial charge in [0.1, 0.15) is 17.5 Å². The van der Waals surface area contributed by atoms with Gasteiger partial charge >= 0.3 is 0 Å². The largest absolute Gasteiger partial charge is 0.367 e. The Kier molecular flexibility index (Phi) is 3.86. The SMILES string of the molecule is Cc1cc(N2CCOC(C)(c3cnn(C)c3)C2)n2c(nc3ccccc32)c1C#N. The third-order valence-corrected chi connectivity index (χ3v) is 5.78. The summed E-state index contributed by atoms with van der Waals surface area (Å²) in [5.41, 5.74) is 4.74. The van der Waals surface area contributed by atoms with Crippen molar-refractivity contribution in [3.8, 4) is 6.07 Å². The Morgan fingerprint density at radius 2 is 2.10 bits per heavy atom. The quantitative estimate of drug-likeness (QED) is 0.529. The second kappa shape index (κ2) is 6.33. The molecule has 0 spiro atoms. The van der Waals surface area contributed by atoms with E-state index in [0.717, 1.165) is 34.5 Å². The number of morpholine rings is 1. The fraction of sp³-hybridized carbons (Fsp3) is 0.318. The van der Waals surface area contributed by atoms with Gasteiger partial charge in [-0.15, -0.1) is 0 Å². The van der Waals surface area contributed by atoms with Gasteiger partial charge in [0.2, 0.25) is 0 Å². The Morgan fingerprint density at radius 3 is 2.86 bits per heavy atom. The molecule has 1 saturated heterocycles. The molecule has 0 radical (unpaired) electrons. The zero-order valence-electron chi connectivity index (χ0n) is 16.8. The third-order valence-electron chi connectivity index (χ3n) is 5.78. The average molecular weight is 386 g/mol. The van der Waals surface area contributed by atoms with E-state index in [1.807, 2.05) is 44.6 Å². The Hall–Kier alpha value is -3.37. The van der Waals surface area contributed by atoms with E-state index in [1.54, 1.807) is 4.68 Å². The number of para-hydroxylation sites is 2. The monoisotopic (exact) mass is 386 g/mol. The van der Waals surface area contributed by atoms with E-state index in [1.165, 1.54) is 0 Å². The molecule has 146 valence electrons. The van der Waals surface area contributed by atoms with Crippen molar-refractivity contribution in [1.29, 1.82) is 5.26 Å². The molecule has 3 aromatic heterocycles. The predicted octanol–water partition coefficient (Wildman–Crippen LogP) is 3.15. The first-order valence-electron chi connectivity index (χ1n) is 9.69. The molecule has 1 atom stereocenters. The van der Waals surface area contributed by atoms with Crippen LogP contribution in [0.4, 0.5) is 5.82 Å². The van der Waals surface area contributed by atoms with Crippen molar-refractivity contribution >= 4 is 22.5 Å². The van der Waals surface area contributed by atoms with E-state index in [9.17, 15) is 5.26 Å². The number of hydrogen-bond acceptors (Lipinski definition) is 5. The number of aromatic nitrogens is 4. The van der Waals surface area contributed by atoms with Gasteiger partial charge in [-0.2, -0.15) is 10.4 Å². The minimum absolute atomic E-state index is 0.461. The number of nitrogens with zero attached hydrogens (tertiary/aromatic N) is 6. The minimum atomic E-state index is -0.461. The Labute approximate surface area is 168 Å². The molecular weight excluding hydrogens is 364 g/mol. The van der Waals surface area contributed by atoms with Crippen molar-refractivity contribution in [1.82, 2.24) is 19.2 Å². The summed E-state index contributed by atoms with van der Waals surface area (Å²) in [5.74, 6) is 1.03. The number of pyridine rings is 1. The van der Waals surface area contributed by atoms with Gasteiger partial charge in [-0.3, -0.25) is 9.08 Å². The molecular formula is C22H22N6O. The molecule has 0 bridgehead atoms. The topological polar surface area (TPSA) is 71.4 Å². The molecule has 0 saturated carbocycles. The van der Waals surface area contributed by atoms with Crippen molar-refractivity contribution < 1.29 is 4.74 Å². The van der Waals surface area contributed by atoms with Crippen LogP contribution in [0, 0.1) is 18.3 Å². The molecule has 1 aliphatic rings. The molecule has 1 aliphatic heterocycles. The first-order valence-corrected chi connectivity index (χ1v) is 9.69. The molecule has 1 unspecified atom stereocenters. The molecule has 29 heavy (non-hydrogen) atoms. The van der Waals surface area contributed by atoms with Crippen LogP contribution in [0.1, 0.15) is 23.6 Å². The first-order chi connectivity index (χ1) is 14.0. The highest BCUT2D eigenvalue weighted by Crippen LogP contribution is 2.34. The van der Waals surface area contributed by atoms with Crippen LogP contribution in [-0.4, -0.2) is 38.9 Å². The van der Waals surface area contributed by atoms with Crippen molar-refractivity contribution in [3.05, 3.63) is 59.4 Å². The highest BCUT2D eigenvalue weighted by molar-refractivity contribution is 5.85. The maximum atomic E-state index is 9.73. The van der Waals surface area contributed by atoms with Crippen molar-refractivity contribution in [3.63, 3.8) is 0 Å². The van der Waals surface area contributed by atoms with E-state index in [0.29, 0.717) is 24.4 Å². The van der Waals surface area contributed by atoms with Crippen LogP contribution >= 0.6 is 0 Å². The Balaban J connectivity index is 1.69. The van der Waals surface area contributed by atoms with Crippen LogP contribution in [0.5, 0.6) is 0 Å². The molecule has 0 amide bonds. The number of fused-ring (bicyclic) bond motifs is 3. The molecule has 0 N–H and O–H groups in total. The lowest BCUT2D eigenvalue weighted by atomic mass is 9.97. The molecule has 7 heteroatoms. The lowest BCUT2D eigenvalue weighted by Gasteiger charge is -2.41. The molecule has 1 aromatic carbocycles. The maximum absolute atomic E-state index is 9.73. The highest BCUT2D eigenvalue weighted by Gasteiger charge is 2.36. The zero-order valence-corrected chi connectivity index (χ0v) is 16.8. The summed E-state index contributed by atoms with van der Waals surface area (Å²) in [6, 6.07) is 12.4. The third kappa shape index (κ3) is 2.68. The smallest absolute Gasteiger partial charge is 0.157 e. The van der Waals surface area contributed by atoms with E-state index in [4.69, 9.17) is 9.72 Å². The summed E-state index contributed by atoms with van der Waals surface area (Å²) in [4.78, 5) is 7.09. The number of benzene rings is 1. The van der Waals surface area contributed by atoms with Gasteiger partial charge in [-0.05, 0) is 37.6 Å². The van der Waals surface area contributed by atoms with Gasteiger partial charge in [-0.1, -0.05) is 12.1 Å². The summed E-state index contributed by atoms with van der Waals surface area (Å²) in [6.45, 7) is 6.14. The van der Waals surface area contributed by atoms with Gasteiger partial charge in [0, 0.05) is 25.4 Å². The van der Waals surface area contributed by atoms with Crippen LogP contribution in [0.15, 0.2) is 42.7 Å². The van der Waals surface area contributed by atoms with Gasteiger partial charge < -0.3 is 9.64 Å². The van der Waals surface area contributed by atoms with Gasteiger partial charge in [0.15, 0.2) is 5.65 Å². The zero-order chi connectivity index (χ0) is 20.2. The summed E-state index contributed by atoms with van der Waals surface area (Å²) in [5, 5.41) is 14.1. The molecule has 0 aliphatic carbocycles. The summed E-state index contributed by atoms with van der Waals surface area (Å²) < 4.78 is 10.1. The molecule has 1 fully saturated rings. The highest BCUT2D eigenvalue weighted by atomic mass is 16.5. The number of anilines is 1. The first kappa shape index (κ1) is 17.7. The van der Waals surface area contributed by atoms with E-state index in [-0.39, 0.29) is 0 Å². The minimum Gasteiger partial charge on any atom is -0.367 e. The average Bonchev–Trinajstić information content (AvgIpc) is 3.31. The van der Waals surface area contributed by atoms with Crippen LogP contribution in [0.3, 0.4) is 0 Å². The normalized spacial score (nSPS) is 19.7. The number of hydrogen-bond donors (Lipinski definition) is 0. The van der Waals surface area contributed by atoms with Crippen LogP contribution in [-0.2, 0) is 17.4 Å². The summed E-state index contributed by atoms with van der Waals surface area (Å²) >= 11 is 0.